The highest BCUT2D eigenvalue weighted by Crippen LogP contribution is 2.40. The molecule has 0 unspecified atom stereocenters. The van der Waals surface area contributed by atoms with E-state index < -0.39 is 10.0 Å². The number of sulfonamides is 1. The first kappa shape index (κ1) is 18.3. The van der Waals surface area contributed by atoms with Gasteiger partial charge in [0.25, 0.3) is 0 Å². The molecule has 2 aromatic heterocycles. The number of hydrogen-bond acceptors (Lipinski definition) is 5. The summed E-state index contributed by atoms with van der Waals surface area (Å²) < 4.78 is 36.2. The number of aromatic nitrogens is 3. The highest BCUT2D eigenvalue weighted by atomic mass is 32.2. The minimum Gasteiger partial charge on any atom is -0.489 e. The molecule has 2 saturated heterocycles. The van der Waals surface area contributed by atoms with Crippen molar-refractivity contribution in [2.75, 3.05) is 0 Å². The fourth-order valence-corrected chi connectivity index (χ4v) is 6.39. The highest BCUT2D eigenvalue weighted by molar-refractivity contribution is 7.89. The molecule has 5 rings (SSSR count). The molecule has 8 heteroatoms. The first-order valence-corrected chi connectivity index (χ1v) is 11.3. The summed E-state index contributed by atoms with van der Waals surface area (Å²) in [7, 11) is -3.54. The van der Waals surface area contributed by atoms with Crippen molar-refractivity contribution < 1.29 is 13.2 Å². The van der Waals surface area contributed by atoms with Crippen molar-refractivity contribution in [1.82, 2.24) is 19.1 Å². The molecule has 29 heavy (non-hydrogen) atoms. The molecule has 0 radical (unpaired) electrons. The number of rotatable bonds is 5. The van der Waals surface area contributed by atoms with Crippen LogP contribution in [0.5, 0.6) is 5.75 Å². The fourth-order valence-electron chi connectivity index (χ4n) is 4.50. The van der Waals surface area contributed by atoms with Crippen LogP contribution in [0.1, 0.15) is 25.7 Å². The number of benzene rings is 1. The summed E-state index contributed by atoms with van der Waals surface area (Å²) in [5.41, 5.74) is 0.834. The third-order valence-electron chi connectivity index (χ3n) is 5.74. The number of pyridine rings is 1. The van der Waals surface area contributed by atoms with Crippen LogP contribution >= 0.6 is 0 Å². The lowest BCUT2D eigenvalue weighted by atomic mass is 10.0. The van der Waals surface area contributed by atoms with Crippen molar-refractivity contribution in [3.05, 3.63) is 67.3 Å². The average Bonchev–Trinajstić information content (AvgIpc) is 3.36. The zero-order valence-electron chi connectivity index (χ0n) is 15.8. The van der Waals surface area contributed by atoms with E-state index in [2.05, 4.69) is 10.1 Å². The molecule has 2 atom stereocenters. The van der Waals surface area contributed by atoms with E-state index in [4.69, 9.17) is 4.74 Å². The van der Waals surface area contributed by atoms with Gasteiger partial charge in [-0.15, -0.1) is 0 Å². The second kappa shape index (κ2) is 7.27. The Morgan fingerprint density at radius 2 is 1.72 bits per heavy atom. The minimum atomic E-state index is -3.54. The van der Waals surface area contributed by atoms with Crippen LogP contribution in [0.3, 0.4) is 0 Å². The molecule has 4 heterocycles. The van der Waals surface area contributed by atoms with Gasteiger partial charge in [0.05, 0.1) is 16.8 Å². The lowest BCUT2D eigenvalue weighted by Crippen LogP contribution is -2.49. The Labute approximate surface area is 170 Å². The number of fused-ring (bicyclic) bond motifs is 2. The Bertz CT molecular complexity index is 1050. The predicted molar refractivity (Wildman–Crippen MR) is 107 cm³/mol. The smallest absolute Gasteiger partial charge is 0.243 e. The molecule has 0 N–H and O–H groups in total. The minimum absolute atomic E-state index is 0.0188. The van der Waals surface area contributed by atoms with Crippen molar-refractivity contribution in [3.63, 3.8) is 0 Å². The van der Waals surface area contributed by atoms with Crippen molar-refractivity contribution >= 4 is 10.0 Å². The highest BCUT2D eigenvalue weighted by Gasteiger charge is 2.47. The van der Waals surface area contributed by atoms with E-state index in [0.29, 0.717) is 17.7 Å². The lowest BCUT2D eigenvalue weighted by molar-refractivity contribution is 0.0953. The number of piperidine rings is 1. The third-order valence-corrected chi connectivity index (χ3v) is 7.76. The van der Waals surface area contributed by atoms with Gasteiger partial charge in [-0.25, -0.2) is 13.1 Å². The van der Waals surface area contributed by atoms with E-state index in [1.54, 1.807) is 51.8 Å². The largest absolute Gasteiger partial charge is 0.489 e. The Morgan fingerprint density at radius 3 is 2.34 bits per heavy atom. The van der Waals surface area contributed by atoms with Gasteiger partial charge in [0.2, 0.25) is 10.0 Å². The summed E-state index contributed by atoms with van der Waals surface area (Å²) in [6.07, 6.45) is 10.1. The summed E-state index contributed by atoms with van der Waals surface area (Å²) >= 11 is 0. The SMILES string of the molecule is O=S(=O)(c1ccc(-n2cccn2)cc1)N1[C@H]2CC[C@H]1CC(Oc1cccnc1)C2. The molecule has 3 aromatic rings. The first-order chi connectivity index (χ1) is 14.1. The molecule has 1 aromatic carbocycles. The van der Waals surface area contributed by atoms with Crippen LogP contribution in [0.2, 0.25) is 0 Å². The third kappa shape index (κ3) is 3.42. The van der Waals surface area contributed by atoms with Crippen LogP contribution in [0, 0.1) is 0 Å². The van der Waals surface area contributed by atoms with Gasteiger partial charge >= 0.3 is 0 Å². The Hall–Kier alpha value is -2.71. The number of ether oxygens (including phenoxy) is 1. The van der Waals surface area contributed by atoms with Gasteiger partial charge in [-0.1, -0.05) is 0 Å². The van der Waals surface area contributed by atoms with E-state index in [9.17, 15) is 8.42 Å². The topological polar surface area (TPSA) is 77.3 Å². The summed E-state index contributed by atoms with van der Waals surface area (Å²) in [6, 6.07) is 12.4. The second-order valence-corrected chi connectivity index (χ2v) is 9.41. The second-order valence-electron chi connectivity index (χ2n) is 7.56. The van der Waals surface area contributed by atoms with E-state index in [0.717, 1.165) is 24.3 Å². The average molecular weight is 410 g/mol. The molecule has 0 spiro atoms. The van der Waals surface area contributed by atoms with E-state index in [1.807, 2.05) is 24.4 Å². The molecular formula is C21H22N4O3S. The Kier molecular flexibility index (Phi) is 4.60. The van der Waals surface area contributed by atoms with Crippen molar-refractivity contribution in [2.45, 2.75) is 48.8 Å². The fraction of sp³-hybridized carbons (Fsp3) is 0.333. The van der Waals surface area contributed by atoms with Crippen molar-refractivity contribution in [2.24, 2.45) is 0 Å². The van der Waals surface area contributed by atoms with Crippen LogP contribution in [0.4, 0.5) is 0 Å². The molecule has 2 aliphatic rings. The van der Waals surface area contributed by atoms with Crippen LogP contribution in [-0.4, -0.2) is 45.7 Å². The molecule has 2 bridgehead atoms. The quantitative estimate of drug-likeness (QED) is 0.646. The molecule has 0 saturated carbocycles. The first-order valence-electron chi connectivity index (χ1n) is 9.81. The number of hydrogen-bond donors (Lipinski definition) is 0. The van der Waals surface area contributed by atoms with Crippen molar-refractivity contribution in [3.8, 4) is 11.4 Å². The monoisotopic (exact) mass is 410 g/mol. The van der Waals surface area contributed by atoms with Gasteiger partial charge in [-0.05, 0) is 55.3 Å². The maximum absolute atomic E-state index is 13.4. The molecule has 150 valence electrons. The van der Waals surface area contributed by atoms with Gasteiger partial charge in [0.15, 0.2) is 0 Å². The van der Waals surface area contributed by atoms with Crippen LogP contribution in [0.25, 0.3) is 5.69 Å². The Morgan fingerprint density at radius 1 is 0.966 bits per heavy atom. The number of nitrogens with zero attached hydrogens (tertiary/aromatic N) is 4. The standard InChI is InChI=1S/C21H22N4O3S/c26-29(27,21-8-6-16(7-9-21)24-12-2-11-23-24)25-17-4-5-18(25)14-20(13-17)28-19-3-1-10-22-15-19/h1-3,6-12,15,17-18,20H,4-5,13-14H2/t17-,18-/m0/s1. The molecule has 0 amide bonds. The van der Waals surface area contributed by atoms with E-state index in [1.165, 1.54) is 0 Å². The van der Waals surface area contributed by atoms with Crippen LogP contribution in [-0.2, 0) is 10.0 Å². The molecule has 7 nitrogen and oxygen atoms in total. The van der Waals surface area contributed by atoms with Gasteiger partial charge in [0, 0.05) is 43.5 Å². The maximum Gasteiger partial charge on any atom is 0.243 e. The molecule has 2 aliphatic heterocycles. The van der Waals surface area contributed by atoms with Gasteiger partial charge in [0.1, 0.15) is 11.9 Å². The maximum atomic E-state index is 13.4. The Balaban J connectivity index is 1.34. The zero-order valence-corrected chi connectivity index (χ0v) is 16.6. The molecule has 0 aliphatic carbocycles. The summed E-state index contributed by atoms with van der Waals surface area (Å²) in [4.78, 5) is 4.42. The summed E-state index contributed by atoms with van der Waals surface area (Å²) in [6.45, 7) is 0. The van der Waals surface area contributed by atoms with Crippen LogP contribution in [0.15, 0.2) is 72.1 Å². The summed E-state index contributed by atoms with van der Waals surface area (Å²) in [5.74, 6) is 0.738. The van der Waals surface area contributed by atoms with Gasteiger partial charge < -0.3 is 4.74 Å². The van der Waals surface area contributed by atoms with Gasteiger partial charge in [-0.3, -0.25) is 4.98 Å². The zero-order chi connectivity index (χ0) is 19.8. The van der Waals surface area contributed by atoms with E-state index in [-0.39, 0.29) is 18.2 Å². The predicted octanol–water partition coefficient (Wildman–Crippen LogP) is 3.03. The van der Waals surface area contributed by atoms with E-state index >= 15 is 0 Å². The van der Waals surface area contributed by atoms with Crippen molar-refractivity contribution in [1.29, 1.82) is 0 Å². The van der Waals surface area contributed by atoms with Crippen LogP contribution < -0.4 is 4.74 Å². The molecular weight excluding hydrogens is 388 g/mol. The lowest BCUT2D eigenvalue weighted by Gasteiger charge is -2.37. The normalized spacial score (nSPS) is 24.5. The summed E-state index contributed by atoms with van der Waals surface area (Å²) in [5, 5.41) is 4.18. The van der Waals surface area contributed by atoms with Gasteiger partial charge in [-0.2, -0.15) is 9.40 Å². The molecule has 2 fully saturated rings.